The number of hydrogen-bond donors (Lipinski definition) is 1. The number of nitrogens with zero attached hydrogens (tertiary/aromatic N) is 1. The van der Waals surface area contributed by atoms with Crippen LogP contribution in [0.15, 0.2) is 102 Å². The quantitative estimate of drug-likeness (QED) is 0.311. The fourth-order valence-electron chi connectivity index (χ4n) is 4.34. The highest BCUT2D eigenvalue weighted by molar-refractivity contribution is 8.00. The summed E-state index contributed by atoms with van der Waals surface area (Å²) in [6.07, 6.45) is 1.82. The standard InChI is InChI=1S/C30H26N2O3S/c1-35-25-16-12-23(13-17-25)30(34)31-24-14-18-26(19-15-24)36-20-29(33)32-27-8-4-2-6-21(27)10-11-22-7-3-5-9-28(22)32/h2-9,12-19H,10-11,20H2,1H3,(H,31,34). The SMILES string of the molecule is COc1ccc(C(=O)Nc2ccc(SCC(=O)N3c4ccccc4CCc4ccccc43)cc2)cc1. The lowest BCUT2D eigenvalue weighted by Crippen LogP contribution is -2.28. The third kappa shape index (κ3) is 5.14. The van der Waals surface area contributed by atoms with Gasteiger partial charge in [-0.3, -0.25) is 14.5 Å². The molecule has 0 unspecified atom stereocenters. The Morgan fingerprint density at radius 2 is 1.39 bits per heavy atom. The topological polar surface area (TPSA) is 58.6 Å². The number of benzene rings is 4. The van der Waals surface area contributed by atoms with Crippen molar-refractivity contribution in [2.75, 3.05) is 23.1 Å². The number of carbonyl (C=O) groups is 2. The van der Waals surface area contributed by atoms with Crippen LogP contribution in [0.5, 0.6) is 5.75 Å². The molecule has 4 aromatic carbocycles. The first-order chi connectivity index (χ1) is 17.6. The van der Waals surface area contributed by atoms with Crippen molar-refractivity contribution in [1.82, 2.24) is 0 Å². The minimum Gasteiger partial charge on any atom is -0.497 e. The maximum absolute atomic E-state index is 13.5. The van der Waals surface area contributed by atoms with E-state index < -0.39 is 0 Å². The molecule has 5 rings (SSSR count). The highest BCUT2D eigenvalue weighted by Crippen LogP contribution is 2.36. The fourth-order valence-corrected chi connectivity index (χ4v) is 5.09. The number of ether oxygens (including phenoxy) is 1. The minimum atomic E-state index is -0.188. The third-order valence-electron chi connectivity index (χ3n) is 6.20. The summed E-state index contributed by atoms with van der Waals surface area (Å²) in [6.45, 7) is 0. The Labute approximate surface area is 215 Å². The molecule has 0 aromatic heterocycles. The Bertz CT molecular complexity index is 1340. The average molecular weight is 495 g/mol. The van der Waals surface area contributed by atoms with Gasteiger partial charge in [-0.25, -0.2) is 0 Å². The first kappa shape index (κ1) is 23.7. The van der Waals surface area contributed by atoms with Gasteiger partial charge in [0, 0.05) is 16.1 Å². The Morgan fingerprint density at radius 3 is 1.97 bits per heavy atom. The lowest BCUT2D eigenvalue weighted by molar-refractivity contribution is -0.115. The van der Waals surface area contributed by atoms with E-state index in [0.717, 1.165) is 29.1 Å². The van der Waals surface area contributed by atoms with Gasteiger partial charge in [-0.1, -0.05) is 36.4 Å². The van der Waals surface area contributed by atoms with E-state index in [4.69, 9.17) is 4.74 Å². The van der Waals surface area contributed by atoms with Crippen LogP contribution in [-0.4, -0.2) is 24.7 Å². The van der Waals surface area contributed by atoms with Gasteiger partial charge in [0.1, 0.15) is 5.75 Å². The zero-order chi connectivity index (χ0) is 24.9. The number of amides is 2. The Balaban J connectivity index is 1.26. The molecule has 1 N–H and O–H groups in total. The number of hydrogen-bond acceptors (Lipinski definition) is 4. The number of fused-ring (bicyclic) bond motifs is 2. The van der Waals surface area contributed by atoms with Gasteiger partial charge in [0.2, 0.25) is 5.91 Å². The first-order valence-corrected chi connectivity index (χ1v) is 12.8. The van der Waals surface area contributed by atoms with Crippen LogP contribution in [0.3, 0.4) is 0 Å². The molecule has 0 fully saturated rings. The van der Waals surface area contributed by atoms with Crippen molar-refractivity contribution in [1.29, 1.82) is 0 Å². The Kier molecular flexibility index (Phi) is 7.05. The molecule has 1 aliphatic heterocycles. The second kappa shape index (κ2) is 10.7. The number of carbonyl (C=O) groups excluding carboxylic acids is 2. The van der Waals surface area contributed by atoms with E-state index >= 15 is 0 Å². The van der Waals surface area contributed by atoms with E-state index in [1.807, 2.05) is 65.6 Å². The van der Waals surface area contributed by atoms with Crippen LogP contribution in [0.4, 0.5) is 17.1 Å². The number of methoxy groups -OCH3 is 1. The van der Waals surface area contributed by atoms with Gasteiger partial charge in [0.15, 0.2) is 0 Å². The molecule has 6 heteroatoms. The van der Waals surface area contributed by atoms with Gasteiger partial charge in [0.05, 0.1) is 24.2 Å². The molecule has 0 saturated heterocycles. The summed E-state index contributed by atoms with van der Waals surface area (Å²) in [4.78, 5) is 28.8. The molecule has 0 radical (unpaired) electrons. The maximum Gasteiger partial charge on any atom is 0.255 e. The number of aryl methyl sites for hydroxylation is 2. The van der Waals surface area contributed by atoms with Gasteiger partial charge in [-0.15, -0.1) is 11.8 Å². The van der Waals surface area contributed by atoms with Crippen molar-refractivity contribution in [3.05, 3.63) is 114 Å². The molecule has 0 saturated carbocycles. The number of nitrogens with one attached hydrogen (secondary N) is 1. The monoisotopic (exact) mass is 494 g/mol. The highest BCUT2D eigenvalue weighted by Gasteiger charge is 2.25. The second-order valence-corrected chi connectivity index (χ2v) is 9.53. The zero-order valence-corrected chi connectivity index (χ0v) is 20.8. The molecular formula is C30H26N2O3S. The lowest BCUT2D eigenvalue weighted by Gasteiger charge is -2.25. The van der Waals surface area contributed by atoms with Crippen LogP contribution in [0.1, 0.15) is 21.5 Å². The van der Waals surface area contributed by atoms with Crippen LogP contribution < -0.4 is 15.0 Å². The summed E-state index contributed by atoms with van der Waals surface area (Å²) >= 11 is 1.49. The molecule has 1 aliphatic rings. The minimum absolute atomic E-state index is 0.0404. The summed E-state index contributed by atoms with van der Waals surface area (Å²) in [5, 5.41) is 2.90. The van der Waals surface area contributed by atoms with Crippen LogP contribution in [0.25, 0.3) is 0 Å². The molecule has 0 bridgehead atoms. The van der Waals surface area contributed by atoms with E-state index in [1.165, 1.54) is 22.9 Å². The lowest BCUT2D eigenvalue weighted by atomic mass is 10.0. The van der Waals surface area contributed by atoms with Crippen LogP contribution in [0, 0.1) is 0 Å². The van der Waals surface area contributed by atoms with Crippen molar-refractivity contribution in [2.24, 2.45) is 0 Å². The largest absolute Gasteiger partial charge is 0.497 e. The predicted molar refractivity (Wildman–Crippen MR) is 146 cm³/mol. The fraction of sp³-hybridized carbons (Fsp3) is 0.133. The van der Waals surface area contributed by atoms with Crippen molar-refractivity contribution in [2.45, 2.75) is 17.7 Å². The van der Waals surface area contributed by atoms with E-state index in [2.05, 4.69) is 17.4 Å². The van der Waals surface area contributed by atoms with Gasteiger partial charge < -0.3 is 10.1 Å². The Morgan fingerprint density at radius 1 is 0.806 bits per heavy atom. The molecule has 4 aromatic rings. The summed E-state index contributed by atoms with van der Waals surface area (Å²) in [5.41, 5.74) is 5.54. The summed E-state index contributed by atoms with van der Waals surface area (Å²) in [6, 6.07) is 30.8. The van der Waals surface area contributed by atoms with Gasteiger partial charge in [-0.2, -0.15) is 0 Å². The summed E-state index contributed by atoms with van der Waals surface area (Å²) < 4.78 is 5.14. The highest BCUT2D eigenvalue weighted by atomic mass is 32.2. The molecule has 0 aliphatic carbocycles. The van der Waals surface area contributed by atoms with Crippen molar-refractivity contribution < 1.29 is 14.3 Å². The van der Waals surface area contributed by atoms with Gasteiger partial charge >= 0.3 is 0 Å². The smallest absolute Gasteiger partial charge is 0.255 e. The van der Waals surface area contributed by atoms with Crippen molar-refractivity contribution in [3.63, 3.8) is 0 Å². The molecule has 2 amide bonds. The number of para-hydroxylation sites is 2. The number of anilines is 3. The normalized spacial score (nSPS) is 12.2. The number of thioether (sulfide) groups is 1. The average Bonchev–Trinajstić information content (AvgIpc) is 3.09. The summed E-state index contributed by atoms with van der Waals surface area (Å²) in [5.74, 6) is 0.861. The predicted octanol–water partition coefficient (Wildman–Crippen LogP) is 6.50. The van der Waals surface area contributed by atoms with E-state index in [-0.39, 0.29) is 11.8 Å². The molecule has 0 spiro atoms. The van der Waals surface area contributed by atoms with E-state index in [1.54, 1.807) is 31.4 Å². The van der Waals surface area contributed by atoms with Gasteiger partial charge in [-0.05, 0) is 84.6 Å². The molecule has 36 heavy (non-hydrogen) atoms. The third-order valence-corrected chi connectivity index (χ3v) is 7.20. The second-order valence-electron chi connectivity index (χ2n) is 8.48. The molecule has 0 atom stereocenters. The van der Waals surface area contributed by atoms with Crippen LogP contribution in [0.2, 0.25) is 0 Å². The maximum atomic E-state index is 13.5. The van der Waals surface area contributed by atoms with E-state index in [0.29, 0.717) is 22.8 Å². The van der Waals surface area contributed by atoms with Gasteiger partial charge in [0.25, 0.3) is 5.91 Å². The molecular weight excluding hydrogens is 468 g/mol. The number of rotatable bonds is 6. The van der Waals surface area contributed by atoms with Crippen LogP contribution in [-0.2, 0) is 17.6 Å². The zero-order valence-electron chi connectivity index (χ0n) is 19.9. The van der Waals surface area contributed by atoms with Crippen molar-refractivity contribution in [3.8, 4) is 5.75 Å². The molecule has 5 nitrogen and oxygen atoms in total. The van der Waals surface area contributed by atoms with Crippen molar-refractivity contribution >= 4 is 40.6 Å². The van der Waals surface area contributed by atoms with E-state index in [9.17, 15) is 9.59 Å². The molecule has 1 heterocycles. The first-order valence-electron chi connectivity index (χ1n) is 11.8. The van der Waals surface area contributed by atoms with Crippen LogP contribution >= 0.6 is 11.8 Å². The summed E-state index contributed by atoms with van der Waals surface area (Å²) in [7, 11) is 1.59. The molecule has 180 valence electrons. The Hall–Kier alpha value is -4.03.